The van der Waals surface area contributed by atoms with E-state index in [-0.39, 0.29) is 29.7 Å². The molecular weight excluding hydrogens is 244 g/mol. The second-order valence-corrected chi connectivity index (χ2v) is 6.13. The molecule has 1 aliphatic carbocycles. The van der Waals surface area contributed by atoms with Crippen molar-refractivity contribution < 1.29 is 19.4 Å². The molecule has 3 rings (SSSR count). The summed E-state index contributed by atoms with van der Waals surface area (Å²) >= 11 is 0. The lowest BCUT2D eigenvalue weighted by Crippen LogP contribution is -2.36. The molecule has 19 heavy (non-hydrogen) atoms. The summed E-state index contributed by atoms with van der Waals surface area (Å²) in [4.78, 5) is 11.7. The zero-order valence-electron chi connectivity index (χ0n) is 11.4. The van der Waals surface area contributed by atoms with Crippen LogP contribution in [-0.4, -0.2) is 35.0 Å². The van der Waals surface area contributed by atoms with Crippen LogP contribution >= 0.6 is 0 Å². The van der Waals surface area contributed by atoms with E-state index in [1.54, 1.807) is 0 Å². The van der Waals surface area contributed by atoms with Crippen LogP contribution in [0.3, 0.4) is 0 Å². The van der Waals surface area contributed by atoms with Gasteiger partial charge in [-0.2, -0.15) is 0 Å². The van der Waals surface area contributed by atoms with E-state index in [1.165, 1.54) is 5.57 Å². The number of epoxide rings is 1. The highest BCUT2D eigenvalue weighted by molar-refractivity contribution is 5.91. The van der Waals surface area contributed by atoms with E-state index in [1.807, 2.05) is 13.8 Å². The summed E-state index contributed by atoms with van der Waals surface area (Å²) in [6, 6.07) is 0. The molecule has 2 aliphatic heterocycles. The van der Waals surface area contributed by atoms with Crippen molar-refractivity contribution >= 4 is 5.97 Å². The fraction of sp³-hybridized carbons (Fsp3) is 0.667. The van der Waals surface area contributed by atoms with Gasteiger partial charge in [-0.25, -0.2) is 4.79 Å². The third-order valence-electron chi connectivity index (χ3n) is 4.60. The van der Waals surface area contributed by atoms with Gasteiger partial charge in [0.25, 0.3) is 0 Å². The molecular formula is C15H20O4. The summed E-state index contributed by atoms with van der Waals surface area (Å²) in [7, 11) is 0. The molecule has 0 aromatic carbocycles. The molecule has 0 radical (unpaired) electrons. The smallest absolute Gasteiger partial charge is 0.334 e. The summed E-state index contributed by atoms with van der Waals surface area (Å²) < 4.78 is 11.0. The first kappa shape index (κ1) is 12.9. The Kier molecular flexibility index (Phi) is 2.84. The number of aliphatic hydroxyl groups is 1. The van der Waals surface area contributed by atoms with Gasteiger partial charge in [-0.1, -0.05) is 18.2 Å². The summed E-state index contributed by atoms with van der Waals surface area (Å²) in [6.07, 6.45) is 3.43. The summed E-state index contributed by atoms with van der Waals surface area (Å²) in [5.41, 5.74) is 1.29. The van der Waals surface area contributed by atoms with Crippen molar-refractivity contribution in [1.29, 1.82) is 0 Å². The number of rotatable bonds is 0. The first-order valence-electron chi connectivity index (χ1n) is 6.84. The van der Waals surface area contributed by atoms with Crippen LogP contribution in [0.25, 0.3) is 0 Å². The van der Waals surface area contributed by atoms with Crippen LogP contribution in [-0.2, 0) is 14.3 Å². The molecule has 0 aromatic rings. The molecule has 0 saturated carbocycles. The van der Waals surface area contributed by atoms with Gasteiger partial charge in [-0.05, 0) is 26.7 Å². The van der Waals surface area contributed by atoms with Crippen LogP contribution in [0.2, 0.25) is 0 Å². The Morgan fingerprint density at radius 1 is 1.53 bits per heavy atom. The number of fused-ring (bicyclic) bond motifs is 2. The highest BCUT2D eigenvalue weighted by Gasteiger charge is 2.60. The lowest BCUT2D eigenvalue weighted by Gasteiger charge is -2.24. The summed E-state index contributed by atoms with van der Waals surface area (Å²) in [5, 5.41) is 10.5. The first-order valence-corrected chi connectivity index (χ1v) is 6.84. The fourth-order valence-corrected chi connectivity index (χ4v) is 3.32. The third-order valence-corrected chi connectivity index (χ3v) is 4.60. The van der Waals surface area contributed by atoms with Crippen LogP contribution in [0.1, 0.15) is 33.1 Å². The SMILES string of the molecule is C=C1C(=O)O[C@@H]2C/C(C)=C/CC[C@@]3(C)O[C@H]3[C@@H](O)[C@H]12. The summed E-state index contributed by atoms with van der Waals surface area (Å²) in [6.45, 7) is 7.84. The van der Waals surface area contributed by atoms with E-state index in [0.717, 1.165) is 12.8 Å². The average Bonchev–Trinajstić information content (AvgIpc) is 2.92. The monoisotopic (exact) mass is 264 g/mol. The van der Waals surface area contributed by atoms with E-state index in [9.17, 15) is 9.90 Å². The van der Waals surface area contributed by atoms with Gasteiger partial charge >= 0.3 is 5.97 Å². The molecule has 2 heterocycles. The molecule has 0 aromatic heterocycles. The zero-order valence-corrected chi connectivity index (χ0v) is 11.4. The van der Waals surface area contributed by atoms with Gasteiger partial charge in [0.15, 0.2) is 0 Å². The first-order chi connectivity index (χ1) is 8.92. The van der Waals surface area contributed by atoms with Crippen molar-refractivity contribution in [2.24, 2.45) is 5.92 Å². The van der Waals surface area contributed by atoms with Gasteiger partial charge < -0.3 is 14.6 Å². The molecule has 0 spiro atoms. The lowest BCUT2D eigenvalue weighted by atomic mass is 9.82. The average molecular weight is 264 g/mol. The number of aliphatic hydroxyl groups excluding tert-OH is 1. The normalized spacial score (nSPS) is 48.7. The molecule has 0 amide bonds. The number of hydrogen-bond acceptors (Lipinski definition) is 4. The van der Waals surface area contributed by atoms with Gasteiger partial charge in [0.2, 0.25) is 0 Å². The van der Waals surface area contributed by atoms with Crippen molar-refractivity contribution in [2.45, 2.75) is 57.0 Å². The number of ether oxygens (including phenoxy) is 2. The topological polar surface area (TPSA) is 59.1 Å². The molecule has 0 unspecified atom stereocenters. The Hall–Kier alpha value is -1.13. The van der Waals surface area contributed by atoms with Crippen molar-refractivity contribution in [3.63, 3.8) is 0 Å². The van der Waals surface area contributed by atoms with Crippen molar-refractivity contribution in [3.8, 4) is 0 Å². The Labute approximate surface area is 113 Å². The predicted molar refractivity (Wildman–Crippen MR) is 69.4 cm³/mol. The van der Waals surface area contributed by atoms with Crippen LogP contribution < -0.4 is 0 Å². The van der Waals surface area contributed by atoms with Crippen molar-refractivity contribution in [2.75, 3.05) is 0 Å². The minimum absolute atomic E-state index is 0.210. The third kappa shape index (κ3) is 2.03. The lowest BCUT2D eigenvalue weighted by molar-refractivity contribution is -0.139. The molecule has 2 fully saturated rings. The highest BCUT2D eigenvalue weighted by Crippen LogP contribution is 2.48. The van der Waals surface area contributed by atoms with Crippen LogP contribution in [0.5, 0.6) is 0 Å². The number of hydrogen-bond donors (Lipinski definition) is 1. The standard InChI is InChI=1S/C15H20O4/c1-8-5-4-6-15(3)13(19-15)12(16)11-9(2)14(17)18-10(11)7-8/h5,10-13,16H,2,4,6-7H2,1,3H3/b8-5+/t10-,11-,12+,13+,15-/m1/s1. The molecule has 3 aliphatic rings. The van der Waals surface area contributed by atoms with E-state index >= 15 is 0 Å². The molecule has 0 bridgehead atoms. The quantitative estimate of drug-likeness (QED) is 0.313. The number of esters is 1. The maximum atomic E-state index is 11.7. The minimum atomic E-state index is -0.708. The van der Waals surface area contributed by atoms with E-state index in [2.05, 4.69) is 12.7 Å². The number of carbonyl (C=O) groups excluding carboxylic acids is 1. The Balaban J connectivity index is 1.92. The molecule has 4 heteroatoms. The molecule has 2 saturated heterocycles. The van der Waals surface area contributed by atoms with E-state index in [4.69, 9.17) is 9.47 Å². The Morgan fingerprint density at radius 3 is 3.00 bits per heavy atom. The number of carbonyl (C=O) groups is 1. The molecule has 5 atom stereocenters. The molecule has 1 N–H and O–H groups in total. The molecule has 104 valence electrons. The van der Waals surface area contributed by atoms with Gasteiger partial charge in [0, 0.05) is 12.0 Å². The predicted octanol–water partition coefficient (Wildman–Crippen LogP) is 1.73. The van der Waals surface area contributed by atoms with Crippen molar-refractivity contribution in [3.05, 3.63) is 23.8 Å². The highest BCUT2D eigenvalue weighted by atomic mass is 16.6. The second kappa shape index (κ2) is 4.18. The Bertz CT molecular complexity index is 467. The maximum absolute atomic E-state index is 11.7. The fourth-order valence-electron chi connectivity index (χ4n) is 3.32. The number of allylic oxidation sites excluding steroid dienone is 1. The largest absolute Gasteiger partial charge is 0.458 e. The minimum Gasteiger partial charge on any atom is -0.458 e. The van der Waals surface area contributed by atoms with Gasteiger partial charge in [0.1, 0.15) is 12.2 Å². The zero-order chi connectivity index (χ0) is 13.8. The molecule has 4 nitrogen and oxygen atoms in total. The van der Waals surface area contributed by atoms with Gasteiger partial charge in [-0.15, -0.1) is 0 Å². The van der Waals surface area contributed by atoms with Crippen LogP contribution in [0.4, 0.5) is 0 Å². The summed E-state index contributed by atoms with van der Waals surface area (Å²) in [5.74, 6) is -0.732. The maximum Gasteiger partial charge on any atom is 0.334 e. The van der Waals surface area contributed by atoms with Gasteiger partial charge in [-0.3, -0.25) is 0 Å². The van der Waals surface area contributed by atoms with Crippen molar-refractivity contribution in [1.82, 2.24) is 0 Å². The van der Waals surface area contributed by atoms with E-state index in [0.29, 0.717) is 12.0 Å². The van der Waals surface area contributed by atoms with Crippen LogP contribution in [0, 0.1) is 5.92 Å². The second-order valence-electron chi connectivity index (χ2n) is 6.13. The van der Waals surface area contributed by atoms with Crippen LogP contribution in [0.15, 0.2) is 23.8 Å². The van der Waals surface area contributed by atoms with Gasteiger partial charge in [0.05, 0.1) is 17.6 Å². The van der Waals surface area contributed by atoms with E-state index < -0.39 is 6.10 Å². The Morgan fingerprint density at radius 2 is 2.26 bits per heavy atom.